The van der Waals surface area contributed by atoms with Crippen molar-refractivity contribution in [3.63, 3.8) is 0 Å². The maximum absolute atomic E-state index is 3.59. The average Bonchev–Trinajstić information content (AvgIpc) is 2.68. The molecule has 0 atom stereocenters. The van der Waals surface area contributed by atoms with Gasteiger partial charge in [-0.3, -0.25) is 0 Å². The van der Waals surface area contributed by atoms with Crippen LogP contribution in [0.3, 0.4) is 0 Å². The summed E-state index contributed by atoms with van der Waals surface area (Å²) in [5, 5.41) is 7.17. The predicted molar refractivity (Wildman–Crippen MR) is 122 cm³/mol. The van der Waals surface area contributed by atoms with E-state index in [9.17, 15) is 0 Å². The molecule has 0 saturated heterocycles. The SMILES string of the molecule is c1ccc2c(c1)SCCNCCSc1ccccc1SCCNCCS2. The van der Waals surface area contributed by atoms with Gasteiger partial charge in [-0.25, -0.2) is 0 Å². The number of thioether (sulfide) groups is 4. The smallest absolute Gasteiger partial charge is 0.0208 e. The van der Waals surface area contributed by atoms with E-state index in [1.807, 2.05) is 47.0 Å². The number of fused-ring (bicyclic) bond motifs is 2. The highest BCUT2D eigenvalue weighted by atomic mass is 32.2. The highest BCUT2D eigenvalue weighted by Gasteiger charge is 2.05. The minimum atomic E-state index is 1.06. The summed E-state index contributed by atoms with van der Waals surface area (Å²) in [7, 11) is 0. The van der Waals surface area contributed by atoms with Crippen LogP contribution in [0.4, 0.5) is 0 Å². The Morgan fingerprint density at radius 1 is 0.462 bits per heavy atom. The molecule has 0 amide bonds. The molecule has 2 N–H and O–H groups in total. The predicted octanol–water partition coefficient (Wildman–Crippen LogP) is 4.95. The monoisotopic (exact) mass is 422 g/mol. The third-order valence-electron chi connectivity index (χ3n) is 3.84. The van der Waals surface area contributed by atoms with E-state index in [0.717, 1.165) is 49.2 Å². The lowest BCUT2D eigenvalue weighted by molar-refractivity contribution is 0.772. The Morgan fingerprint density at radius 3 is 1.00 bits per heavy atom. The van der Waals surface area contributed by atoms with E-state index in [-0.39, 0.29) is 0 Å². The molecule has 0 unspecified atom stereocenters. The molecule has 26 heavy (non-hydrogen) atoms. The number of rotatable bonds is 0. The summed E-state index contributed by atoms with van der Waals surface area (Å²) in [6, 6.07) is 17.6. The molecule has 0 fully saturated rings. The van der Waals surface area contributed by atoms with Crippen molar-refractivity contribution in [1.82, 2.24) is 10.6 Å². The molecule has 1 aliphatic heterocycles. The van der Waals surface area contributed by atoms with Crippen molar-refractivity contribution in [3.8, 4) is 0 Å². The second kappa shape index (κ2) is 12.3. The van der Waals surface area contributed by atoms with E-state index < -0.39 is 0 Å². The van der Waals surface area contributed by atoms with Gasteiger partial charge in [0.15, 0.2) is 0 Å². The maximum atomic E-state index is 3.59. The summed E-state index contributed by atoms with van der Waals surface area (Å²) in [5.41, 5.74) is 0. The van der Waals surface area contributed by atoms with Gasteiger partial charge in [0, 0.05) is 68.8 Å². The lowest BCUT2D eigenvalue weighted by Gasteiger charge is -2.12. The Morgan fingerprint density at radius 2 is 0.731 bits per heavy atom. The first-order valence-corrected chi connectivity index (χ1v) is 13.0. The molecule has 0 radical (unpaired) electrons. The standard InChI is InChI=1S/C20H26N2S4/c1-2-6-18-17(5-1)23-13-9-21-11-15-25-19-7-3-4-8-20(19)26-16-12-22-10-14-24-18/h1-8,21-22H,9-16H2. The van der Waals surface area contributed by atoms with Crippen LogP contribution in [-0.4, -0.2) is 49.2 Å². The zero-order chi connectivity index (χ0) is 17.9. The molecule has 0 bridgehead atoms. The minimum Gasteiger partial charge on any atom is -0.315 e. The van der Waals surface area contributed by atoms with E-state index in [2.05, 4.69) is 59.2 Å². The van der Waals surface area contributed by atoms with Gasteiger partial charge in [0.05, 0.1) is 0 Å². The van der Waals surface area contributed by atoms with Crippen molar-refractivity contribution in [2.24, 2.45) is 0 Å². The number of hydrogen-bond donors (Lipinski definition) is 2. The second-order valence-corrected chi connectivity index (χ2v) is 10.3. The fourth-order valence-electron chi connectivity index (χ4n) is 2.56. The average molecular weight is 423 g/mol. The Hall–Kier alpha value is -0.240. The highest BCUT2D eigenvalue weighted by molar-refractivity contribution is 8.02. The Labute approximate surface area is 174 Å². The molecule has 1 heterocycles. The summed E-state index contributed by atoms with van der Waals surface area (Å²) >= 11 is 7.86. The van der Waals surface area contributed by atoms with Gasteiger partial charge in [-0.05, 0) is 24.3 Å². The summed E-state index contributed by atoms with van der Waals surface area (Å²) in [6.07, 6.45) is 0. The largest absolute Gasteiger partial charge is 0.315 e. The van der Waals surface area contributed by atoms with Gasteiger partial charge in [0.25, 0.3) is 0 Å². The van der Waals surface area contributed by atoms with Crippen LogP contribution < -0.4 is 10.6 Å². The Kier molecular flexibility index (Phi) is 9.67. The third-order valence-corrected chi connectivity index (χ3v) is 8.40. The van der Waals surface area contributed by atoms with Crippen molar-refractivity contribution < 1.29 is 0 Å². The van der Waals surface area contributed by atoms with E-state index in [1.165, 1.54) is 19.6 Å². The second-order valence-electron chi connectivity index (χ2n) is 5.79. The summed E-state index contributed by atoms with van der Waals surface area (Å²) < 4.78 is 0. The molecule has 3 rings (SSSR count). The first kappa shape index (κ1) is 20.5. The van der Waals surface area contributed by atoms with Crippen molar-refractivity contribution in [3.05, 3.63) is 48.5 Å². The third kappa shape index (κ3) is 7.06. The molecule has 2 aromatic carbocycles. The van der Waals surface area contributed by atoms with Gasteiger partial charge >= 0.3 is 0 Å². The van der Waals surface area contributed by atoms with Gasteiger partial charge in [0.1, 0.15) is 0 Å². The van der Waals surface area contributed by atoms with Crippen molar-refractivity contribution in [2.45, 2.75) is 19.6 Å². The Bertz CT molecular complexity index is 554. The van der Waals surface area contributed by atoms with Gasteiger partial charge in [-0.15, -0.1) is 47.0 Å². The van der Waals surface area contributed by atoms with Crippen LogP contribution in [0, 0.1) is 0 Å². The van der Waals surface area contributed by atoms with Crippen LogP contribution in [0.1, 0.15) is 0 Å². The first-order valence-electron chi connectivity index (χ1n) is 9.04. The number of benzene rings is 2. The summed E-state index contributed by atoms with van der Waals surface area (Å²) in [5.74, 6) is 4.47. The maximum Gasteiger partial charge on any atom is 0.0208 e. The van der Waals surface area contributed by atoms with Gasteiger partial charge in [-0.1, -0.05) is 24.3 Å². The van der Waals surface area contributed by atoms with Crippen molar-refractivity contribution in [1.29, 1.82) is 0 Å². The van der Waals surface area contributed by atoms with E-state index in [1.54, 1.807) is 0 Å². The molecule has 2 aromatic rings. The van der Waals surface area contributed by atoms with Crippen LogP contribution >= 0.6 is 47.0 Å². The molecule has 0 aliphatic carbocycles. The number of nitrogens with one attached hydrogen (secondary N) is 2. The summed E-state index contributed by atoms with van der Waals surface area (Å²) in [6.45, 7) is 4.23. The van der Waals surface area contributed by atoms with Crippen molar-refractivity contribution >= 4 is 47.0 Å². The molecule has 0 spiro atoms. The van der Waals surface area contributed by atoms with Gasteiger partial charge in [-0.2, -0.15) is 0 Å². The summed E-state index contributed by atoms with van der Waals surface area (Å²) in [4.78, 5) is 5.66. The fourth-order valence-corrected chi connectivity index (χ4v) is 6.67. The zero-order valence-corrected chi connectivity index (χ0v) is 18.2. The Balaban J connectivity index is 1.56. The molecule has 0 saturated carbocycles. The molecule has 2 nitrogen and oxygen atoms in total. The molecular weight excluding hydrogens is 397 g/mol. The van der Waals surface area contributed by atoms with E-state index in [4.69, 9.17) is 0 Å². The van der Waals surface area contributed by atoms with E-state index in [0.29, 0.717) is 0 Å². The normalized spacial score (nSPS) is 18.2. The lowest BCUT2D eigenvalue weighted by Crippen LogP contribution is -2.20. The molecule has 1 aliphatic rings. The van der Waals surface area contributed by atoms with Crippen LogP contribution in [-0.2, 0) is 0 Å². The fraction of sp³-hybridized carbons (Fsp3) is 0.400. The van der Waals surface area contributed by atoms with Crippen molar-refractivity contribution in [2.75, 3.05) is 49.2 Å². The minimum absolute atomic E-state index is 1.06. The topological polar surface area (TPSA) is 24.1 Å². The quantitative estimate of drug-likeness (QED) is 0.623. The number of hydrogen-bond acceptors (Lipinski definition) is 6. The molecule has 6 heteroatoms. The van der Waals surface area contributed by atoms with Crippen LogP contribution in [0.15, 0.2) is 68.1 Å². The van der Waals surface area contributed by atoms with Gasteiger partial charge in [0.2, 0.25) is 0 Å². The molecular formula is C20H26N2S4. The zero-order valence-electron chi connectivity index (χ0n) is 14.9. The highest BCUT2D eigenvalue weighted by Crippen LogP contribution is 2.31. The van der Waals surface area contributed by atoms with Crippen LogP contribution in [0.25, 0.3) is 0 Å². The lowest BCUT2D eigenvalue weighted by atomic mass is 10.4. The van der Waals surface area contributed by atoms with Crippen LogP contribution in [0.2, 0.25) is 0 Å². The van der Waals surface area contributed by atoms with Gasteiger partial charge < -0.3 is 10.6 Å². The first-order chi connectivity index (χ1) is 12.9. The molecule has 140 valence electrons. The van der Waals surface area contributed by atoms with E-state index >= 15 is 0 Å². The molecule has 0 aromatic heterocycles. The van der Waals surface area contributed by atoms with Crippen LogP contribution in [0.5, 0.6) is 0 Å².